The molecule has 64 valence electrons. The van der Waals surface area contributed by atoms with Crippen molar-refractivity contribution in [2.45, 2.75) is 13.2 Å². The molecule has 7 nitrogen and oxygen atoms in total. The second-order valence-corrected chi connectivity index (χ2v) is 2.79. The van der Waals surface area contributed by atoms with Crippen molar-refractivity contribution in [1.29, 1.82) is 0 Å². The van der Waals surface area contributed by atoms with Gasteiger partial charge in [-0.15, -0.1) is 4.52 Å². The van der Waals surface area contributed by atoms with Gasteiger partial charge >= 0.3 is 16.5 Å². The van der Waals surface area contributed by atoms with E-state index in [1.54, 1.807) is 0 Å². The van der Waals surface area contributed by atoms with Gasteiger partial charge in [-0.3, -0.25) is 0 Å². The van der Waals surface area contributed by atoms with Gasteiger partial charge in [0.05, 0.1) is 4.67 Å². The average molecular weight is 203 g/mol. The van der Waals surface area contributed by atoms with Gasteiger partial charge in [-0.25, -0.2) is 5.26 Å². The summed E-state index contributed by atoms with van der Waals surface area (Å²) < 4.78 is 31.3. The summed E-state index contributed by atoms with van der Waals surface area (Å²) in [6, 6.07) is 0. The van der Waals surface area contributed by atoms with Crippen LogP contribution in [0.1, 0.15) is 6.92 Å². The van der Waals surface area contributed by atoms with E-state index in [1.165, 1.54) is 6.92 Å². The van der Waals surface area contributed by atoms with Crippen molar-refractivity contribution in [2.75, 3.05) is 0 Å². The normalized spacial score (nSPS) is 15.9. The van der Waals surface area contributed by atoms with Crippen molar-refractivity contribution in [1.82, 2.24) is 0 Å². The molecular weight excluding hydrogens is 198 g/mol. The highest BCUT2D eigenvalue weighted by atomic mass is 31.1. The summed E-state index contributed by atoms with van der Waals surface area (Å²) >= 11 is 0. The molecule has 0 saturated heterocycles. The first kappa shape index (κ1) is 11.0. The lowest BCUT2D eigenvalue weighted by Gasteiger charge is -1.93. The molecule has 0 aliphatic heterocycles. The molecule has 0 spiro atoms. The van der Waals surface area contributed by atoms with Crippen LogP contribution in [-0.4, -0.2) is 11.5 Å². The third-order valence-corrected chi connectivity index (χ3v) is 1.61. The van der Waals surface area contributed by atoms with Crippen LogP contribution in [0.2, 0.25) is 0 Å². The highest BCUT2D eigenvalue weighted by Gasteiger charge is 2.28. The highest BCUT2D eigenvalue weighted by molar-refractivity contribution is 7.33. The van der Waals surface area contributed by atoms with E-state index in [2.05, 4.69) is 13.7 Å². The lowest BCUT2D eigenvalue weighted by molar-refractivity contribution is -0.199. The lowest BCUT2D eigenvalue weighted by atomic mass is 10.8. The zero-order valence-electron chi connectivity index (χ0n) is 5.37. The summed E-state index contributed by atoms with van der Waals surface area (Å²) in [4.78, 5) is 9.82. The third kappa shape index (κ3) is 6.40. The Bertz CT molecular complexity index is 157. The highest BCUT2D eigenvalue weighted by Crippen LogP contribution is 2.27. The molecule has 0 radical (unpaired) electrons. The standard InChI is InChI=1S/C2H4O7P2/c1-2(7-10(4)5)8-11(6)9-3/h2H,1H3/p+1. The van der Waals surface area contributed by atoms with Crippen LogP contribution in [0.15, 0.2) is 0 Å². The molecule has 0 bridgehead atoms. The zero-order valence-corrected chi connectivity index (χ0v) is 7.16. The molecule has 0 heterocycles. The second-order valence-electron chi connectivity index (χ2n) is 1.31. The van der Waals surface area contributed by atoms with Gasteiger partial charge in [-0.05, 0) is 11.5 Å². The first-order valence-corrected chi connectivity index (χ1v) is 4.52. The Morgan fingerprint density at radius 1 is 1.45 bits per heavy atom. The van der Waals surface area contributed by atoms with Crippen molar-refractivity contribution in [3.63, 3.8) is 0 Å². The van der Waals surface area contributed by atoms with Gasteiger partial charge < -0.3 is 4.89 Å². The first-order valence-electron chi connectivity index (χ1n) is 2.33. The molecule has 0 aliphatic rings. The van der Waals surface area contributed by atoms with E-state index in [0.717, 1.165) is 0 Å². The molecule has 11 heavy (non-hydrogen) atoms. The van der Waals surface area contributed by atoms with Crippen molar-refractivity contribution in [2.24, 2.45) is 0 Å². The SMILES string of the molecule is CC(O[P+](=O)[O-])O[P+](=O)OO. The Morgan fingerprint density at radius 3 is 2.36 bits per heavy atom. The van der Waals surface area contributed by atoms with E-state index >= 15 is 0 Å². The minimum Gasteiger partial charge on any atom is -0.566 e. The third-order valence-electron chi connectivity index (χ3n) is 0.536. The summed E-state index contributed by atoms with van der Waals surface area (Å²) in [6.07, 6.45) is -1.24. The van der Waals surface area contributed by atoms with Crippen molar-refractivity contribution < 1.29 is 33.0 Å². The van der Waals surface area contributed by atoms with Crippen molar-refractivity contribution >= 4 is 16.5 Å². The van der Waals surface area contributed by atoms with Gasteiger partial charge in [-0.2, -0.15) is 0 Å². The van der Waals surface area contributed by atoms with Crippen LogP contribution in [-0.2, 0) is 22.9 Å². The van der Waals surface area contributed by atoms with E-state index in [1.807, 2.05) is 0 Å². The Labute approximate surface area is 63.7 Å². The molecule has 0 aliphatic carbocycles. The molecule has 0 aromatic heterocycles. The van der Waals surface area contributed by atoms with E-state index in [9.17, 15) is 14.0 Å². The van der Waals surface area contributed by atoms with E-state index in [0.29, 0.717) is 0 Å². The molecule has 9 heteroatoms. The summed E-state index contributed by atoms with van der Waals surface area (Å²) in [7, 11) is -5.80. The predicted octanol–water partition coefficient (Wildman–Crippen LogP) is 0.530. The summed E-state index contributed by atoms with van der Waals surface area (Å²) in [5.41, 5.74) is 0. The molecule has 0 rings (SSSR count). The van der Waals surface area contributed by atoms with E-state index in [4.69, 9.17) is 5.26 Å². The average Bonchev–Trinajstić information content (AvgIpc) is 1.85. The maximum Gasteiger partial charge on any atom is 0.731 e. The fourth-order valence-electron chi connectivity index (χ4n) is 0.281. The molecule has 1 N–H and O–H groups in total. The fraction of sp³-hybridized carbons (Fsp3) is 1.00. The second kappa shape index (κ2) is 5.62. The minimum atomic E-state index is -3.07. The molecule has 3 atom stereocenters. The van der Waals surface area contributed by atoms with Crippen LogP contribution in [0.4, 0.5) is 0 Å². The van der Waals surface area contributed by atoms with Gasteiger partial charge in [0.1, 0.15) is 0 Å². The van der Waals surface area contributed by atoms with Crippen LogP contribution in [0.5, 0.6) is 0 Å². The minimum absolute atomic E-state index is 1.18. The largest absolute Gasteiger partial charge is 0.731 e. The Balaban J connectivity index is 3.60. The van der Waals surface area contributed by atoms with Crippen LogP contribution in [0.3, 0.4) is 0 Å². The molecule has 0 saturated carbocycles. The van der Waals surface area contributed by atoms with Gasteiger partial charge in [0.15, 0.2) is 0 Å². The van der Waals surface area contributed by atoms with Crippen LogP contribution in [0, 0.1) is 0 Å². The topological polar surface area (TPSA) is 105 Å². The lowest BCUT2D eigenvalue weighted by Crippen LogP contribution is -2.07. The number of rotatable bonds is 5. The van der Waals surface area contributed by atoms with Crippen LogP contribution < -0.4 is 4.89 Å². The smallest absolute Gasteiger partial charge is 0.566 e. The van der Waals surface area contributed by atoms with Crippen LogP contribution in [0.25, 0.3) is 0 Å². The van der Waals surface area contributed by atoms with Crippen molar-refractivity contribution in [3.05, 3.63) is 0 Å². The molecule has 0 aromatic rings. The Hall–Kier alpha value is -0.0000000000000000416. The van der Waals surface area contributed by atoms with E-state index < -0.39 is 22.8 Å². The molecule has 3 unspecified atom stereocenters. The van der Waals surface area contributed by atoms with Gasteiger partial charge in [-0.1, -0.05) is 4.52 Å². The predicted molar refractivity (Wildman–Crippen MR) is 30.6 cm³/mol. The quantitative estimate of drug-likeness (QED) is 0.300. The monoisotopic (exact) mass is 203 g/mol. The summed E-state index contributed by atoms with van der Waals surface area (Å²) in [6.45, 7) is 1.18. The first-order chi connectivity index (χ1) is 5.06. The van der Waals surface area contributed by atoms with E-state index in [-0.39, 0.29) is 0 Å². The summed E-state index contributed by atoms with van der Waals surface area (Å²) in [5, 5.41) is 7.70. The van der Waals surface area contributed by atoms with Crippen LogP contribution >= 0.6 is 16.5 Å². The Morgan fingerprint density at radius 2 is 2.00 bits per heavy atom. The maximum atomic E-state index is 10.2. The number of hydrogen-bond acceptors (Lipinski definition) is 7. The van der Waals surface area contributed by atoms with Gasteiger partial charge in [0, 0.05) is 4.57 Å². The van der Waals surface area contributed by atoms with Gasteiger partial charge in [0.2, 0.25) is 0 Å². The molecule has 0 aromatic carbocycles. The summed E-state index contributed by atoms with van der Waals surface area (Å²) in [5.74, 6) is 0. The molecular formula is C2H5O7P2+. The fourth-order valence-corrected chi connectivity index (χ4v) is 0.958. The molecule has 0 fully saturated rings. The van der Waals surface area contributed by atoms with Gasteiger partial charge in [0.25, 0.3) is 6.29 Å². The van der Waals surface area contributed by atoms with Crippen molar-refractivity contribution in [3.8, 4) is 0 Å². The maximum absolute atomic E-state index is 10.2. The Kier molecular flexibility index (Phi) is 5.62. The zero-order chi connectivity index (χ0) is 8.85. The number of hydrogen-bond donors (Lipinski definition) is 1. The molecule has 0 amide bonds.